The van der Waals surface area contributed by atoms with Gasteiger partial charge in [-0.15, -0.1) is 0 Å². The maximum atomic E-state index is 12.9. The molecule has 1 aliphatic rings. The van der Waals surface area contributed by atoms with E-state index in [1.165, 1.54) is 6.20 Å². The number of aromatic nitrogens is 2. The summed E-state index contributed by atoms with van der Waals surface area (Å²) in [5.74, 6) is -1.10. The van der Waals surface area contributed by atoms with Crippen molar-refractivity contribution in [1.29, 1.82) is 0 Å². The molecule has 3 amide bonds. The van der Waals surface area contributed by atoms with Gasteiger partial charge in [-0.05, 0) is 39.1 Å². The highest BCUT2D eigenvalue weighted by Crippen LogP contribution is 2.25. The van der Waals surface area contributed by atoms with Gasteiger partial charge >= 0.3 is 0 Å². The number of aromatic amines is 1. The first-order valence-electron chi connectivity index (χ1n) is 10.5. The lowest BCUT2D eigenvalue weighted by molar-refractivity contribution is -0.127. The highest BCUT2D eigenvalue weighted by molar-refractivity contribution is 6.40. The summed E-state index contributed by atoms with van der Waals surface area (Å²) < 4.78 is 0. The number of nitrogens with zero attached hydrogens (tertiary/aromatic N) is 3. The van der Waals surface area contributed by atoms with E-state index in [0.717, 1.165) is 12.8 Å². The molecule has 1 aliphatic heterocycles. The average Bonchev–Trinajstić information content (AvgIpc) is 3.21. The molecule has 1 aromatic carbocycles. The lowest BCUT2D eigenvalue weighted by Crippen LogP contribution is -2.49. The summed E-state index contributed by atoms with van der Waals surface area (Å²) in [6, 6.07) is 4.51. The number of amides is 3. The van der Waals surface area contributed by atoms with Gasteiger partial charge in [0.25, 0.3) is 11.8 Å². The van der Waals surface area contributed by atoms with Gasteiger partial charge in [-0.2, -0.15) is 5.10 Å². The molecule has 9 nitrogen and oxygen atoms in total. The third-order valence-corrected chi connectivity index (χ3v) is 5.72. The van der Waals surface area contributed by atoms with E-state index in [9.17, 15) is 14.4 Å². The van der Waals surface area contributed by atoms with Crippen LogP contribution in [0.5, 0.6) is 0 Å². The molecule has 1 atom stereocenters. The molecule has 0 bridgehead atoms. The largest absolute Gasteiger partial charge is 0.346 e. The van der Waals surface area contributed by atoms with E-state index >= 15 is 0 Å². The molecule has 1 aromatic heterocycles. The van der Waals surface area contributed by atoms with Gasteiger partial charge in [0, 0.05) is 37.9 Å². The third kappa shape index (κ3) is 6.56. The smallest absolute Gasteiger partial charge is 0.274 e. The van der Waals surface area contributed by atoms with Crippen LogP contribution in [0.3, 0.4) is 0 Å². The predicted octanol–water partition coefficient (Wildman–Crippen LogP) is 2.81. The molecule has 0 spiro atoms. The van der Waals surface area contributed by atoms with Gasteiger partial charge in [0.2, 0.25) is 5.91 Å². The number of halogens is 2. The zero-order valence-corrected chi connectivity index (χ0v) is 19.9. The molecule has 3 N–H and O–H groups in total. The minimum absolute atomic E-state index is 0.0286. The Morgan fingerprint density at radius 2 is 1.97 bits per heavy atom. The molecule has 11 heteroatoms. The van der Waals surface area contributed by atoms with Crippen LogP contribution in [-0.4, -0.2) is 77.5 Å². The van der Waals surface area contributed by atoms with Gasteiger partial charge in [-0.25, -0.2) is 0 Å². The fourth-order valence-corrected chi connectivity index (χ4v) is 4.05. The molecule has 3 rings (SSSR count). The number of H-pyrrole nitrogens is 1. The lowest BCUT2D eigenvalue weighted by atomic mass is 10.1. The maximum absolute atomic E-state index is 12.9. The second-order valence-electron chi connectivity index (χ2n) is 7.96. The molecule has 176 valence electrons. The Kier molecular flexibility index (Phi) is 8.49. The van der Waals surface area contributed by atoms with Crippen molar-refractivity contribution < 1.29 is 14.4 Å². The quantitative estimate of drug-likeness (QED) is 0.514. The zero-order chi connectivity index (χ0) is 24.0. The molecule has 1 unspecified atom stereocenters. The first kappa shape index (κ1) is 24.8. The highest BCUT2D eigenvalue weighted by Gasteiger charge is 2.26. The van der Waals surface area contributed by atoms with Gasteiger partial charge < -0.3 is 20.4 Å². The van der Waals surface area contributed by atoms with Gasteiger partial charge in [0.1, 0.15) is 0 Å². The highest BCUT2D eigenvalue weighted by atomic mass is 35.5. The molecular formula is C22H26Cl2N6O3. The Hall–Kier alpha value is -2.88. The molecule has 1 fully saturated rings. The van der Waals surface area contributed by atoms with Crippen molar-refractivity contribution in [2.45, 2.75) is 18.9 Å². The van der Waals surface area contributed by atoms with E-state index in [-0.39, 0.29) is 38.9 Å². The molecule has 2 aromatic rings. The lowest BCUT2D eigenvalue weighted by Gasteiger charge is -2.32. The summed E-state index contributed by atoms with van der Waals surface area (Å²) in [6.07, 6.45) is 6.29. The number of likely N-dealkylation sites (tertiary alicyclic amines) is 1. The molecule has 0 aliphatic carbocycles. The Bertz CT molecular complexity index is 1030. The first-order chi connectivity index (χ1) is 15.8. The number of hydrogen-bond donors (Lipinski definition) is 3. The van der Waals surface area contributed by atoms with Crippen LogP contribution in [0.4, 0.5) is 5.69 Å². The normalized spacial score (nSPS) is 16.3. The van der Waals surface area contributed by atoms with Crippen LogP contribution < -0.4 is 10.6 Å². The van der Waals surface area contributed by atoms with Crippen LogP contribution in [0.15, 0.2) is 36.5 Å². The Morgan fingerprint density at radius 3 is 2.67 bits per heavy atom. The third-order valence-electron chi connectivity index (χ3n) is 5.09. The van der Waals surface area contributed by atoms with Gasteiger partial charge in [0.05, 0.1) is 21.3 Å². The van der Waals surface area contributed by atoms with Crippen molar-refractivity contribution in [3.8, 4) is 0 Å². The van der Waals surface area contributed by atoms with Crippen LogP contribution in [0.25, 0.3) is 0 Å². The number of likely N-dealkylation sites (N-methyl/N-ethyl adjacent to an activating group) is 1. The molecule has 33 heavy (non-hydrogen) atoms. The fourth-order valence-electron chi connectivity index (χ4n) is 3.48. The summed E-state index contributed by atoms with van der Waals surface area (Å²) in [4.78, 5) is 41.6. The Balaban J connectivity index is 1.62. The number of piperidine rings is 1. The van der Waals surface area contributed by atoms with Crippen LogP contribution >= 0.6 is 23.2 Å². The second-order valence-corrected chi connectivity index (χ2v) is 8.77. The maximum Gasteiger partial charge on any atom is 0.274 e. The summed E-state index contributed by atoms with van der Waals surface area (Å²) >= 11 is 12.2. The van der Waals surface area contributed by atoms with E-state index in [2.05, 4.69) is 20.8 Å². The minimum Gasteiger partial charge on any atom is -0.346 e. The molecular weight excluding hydrogens is 467 g/mol. The van der Waals surface area contributed by atoms with Crippen LogP contribution in [0, 0.1) is 0 Å². The standard InChI is InChI=1S/C22H26Cl2N6O3/c1-29(2)10-5-9-18(31)30-11-4-6-14(13-30)26-22(33)20-17(12-25-28-20)27-21(32)19-15(23)7-3-8-16(19)24/h3,5,7-9,12,14H,4,6,10-11,13H2,1-2H3,(H,25,28)(H,26,33)(H,27,32)/b9-5+. The number of benzene rings is 1. The van der Waals surface area contributed by atoms with Crippen molar-refractivity contribution in [2.24, 2.45) is 0 Å². The van der Waals surface area contributed by atoms with E-state index in [0.29, 0.717) is 19.6 Å². The minimum atomic E-state index is -0.556. The number of carbonyl (C=O) groups is 3. The average molecular weight is 493 g/mol. The van der Waals surface area contributed by atoms with Crippen molar-refractivity contribution in [1.82, 2.24) is 25.3 Å². The van der Waals surface area contributed by atoms with Crippen LogP contribution in [-0.2, 0) is 4.79 Å². The number of carbonyl (C=O) groups excluding carboxylic acids is 3. The van der Waals surface area contributed by atoms with Crippen LogP contribution in [0.1, 0.15) is 33.7 Å². The first-order valence-corrected chi connectivity index (χ1v) is 11.2. The monoisotopic (exact) mass is 492 g/mol. The molecule has 2 heterocycles. The molecule has 1 saturated heterocycles. The Morgan fingerprint density at radius 1 is 1.24 bits per heavy atom. The van der Waals surface area contributed by atoms with Gasteiger partial charge in [-0.3, -0.25) is 19.5 Å². The number of nitrogens with one attached hydrogen (secondary N) is 3. The van der Waals surface area contributed by atoms with Gasteiger partial charge in [0.15, 0.2) is 5.69 Å². The van der Waals surface area contributed by atoms with Crippen molar-refractivity contribution in [2.75, 3.05) is 39.0 Å². The topological polar surface area (TPSA) is 110 Å². The van der Waals surface area contributed by atoms with Crippen molar-refractivity contribution >= 4 is 46.6 Å². The van der Waals surface area contributed by atoms with Crippen molar-refractivity contribution in [3.05, 3.63) is 57.9 Å². The van der Waals surface area contributed by atoms with Crippen LogP contribution in [0.2, 0.25) is 10.0 Å². The summed E-state index contributed by atoms with van der Waals surface area (Å²) in [7, 11) is 3.85. The number of hydrogen-bond acceptors (Lipinski definition) is 5. The zero-order valence-electron chi connectivity index (χ0n) is 18.4. The van der Waals surface area contributed by atoms with E-state index in [1.807, 2.05) is 25.1 Å². The predicted molar refractivity (Wildman–Crippen MR) is 128 cm³/mol. The number of anilines is 1. The van der Waals surface area contributed by atoms with Crippen molar-refractivity contribution in [3.63, 3.8) is 0 Å². The van der Waals surface area contributed by atoms with E-state index in [1.54, 1.807) is 29.2 Å². The molecule has 0 radical (unpaired) electrons. The molecule has 0 saturated carbocycles. The van der Waals surface area contributed by atoms with E-state index < -0.39 is 11.8 Å². The summed E-state index contributed by atoms with van der Waals surface area (Å²) in [5, 5.41) is 12.5. The summed E-state index contributed by atoms with van der Waals surface area (Å²) in [6.45, 7) is 1.71. The Labute approximate surface area is 202 Å². The second kappa shape index (κ2) is 11.3. The SMILES string of the molecule is CN(C)C/C=C/C(=O)N1CCCC(NC(=O)c2n[nH]cc2NC(=O)c2c(Cl)cccc2Cl)C1. The van der Waals surface area contributed by atoms with Gasteiger partial charge in [-0.1, -0.05) is 35.3 Å². The fraction of sp³-hybridized carbons (Fsp3) is 0.364. The van der Waals surface area contributed by atoms with E-state index in [4.69, 9.17) is 23.2 Å². The summed E-state index contributed by atoms with van der Waals surface area (Å²) in [5.41, 5.74) is 0.335. The number of rotatable bonds is 7.